The third kappa shape index (κ3) is 11.8. The highest BCUT2D eigenvalue weighted by Crippen LogP contribution is 2.14. The predicted octanol–water partition coefficient (Wildman–Crippen LogP) is 3.06. The standard InChI is InChI=1S/C7H17N.C6H13N/c1-6(2)8-7(3,4)5;7-6-4-2-1-3-5-6/h6,8H,1-5H3;6H,1-5,7H2. The van der Waals surface area contributed by atoms with Gasteiger partial charge >= 0.3 is 0 Å². The molecule has 0 heterocycles. The third-order valence-electron chi connectivity index (χ3n) is 2.37. The molecular weight excluding hydrogens is 184 g/mol. The molecule has 15 heavy (non-hydrogen) atoms. The average Bonchev–Trinajstić information content (AvgIpc) is 2.01. The number of nitrogens with one attached hydrogen (secondary N) is 1. The molecule has 2 nitrogen and oxygen atoms in total. The zero-order chi connectivity index (χ0) is 11.9. The summed E-state index contributed by atoms with van der Waals surface area (Å²) < 4.78 is 0. The van der Waals surface area contributed by atoms with Crippen LogP contribution in [0.4, 0.5) is 0 Å². The maximum Gasteiger partial charge on any atom is 0.00988 e. The Balaban J connectivity index is 0.000000262. The van der Waals surface area contributed by atoms with Gasteiger partial charge in [0.1, 0.15) is 0 Å². The van der Waals surface area contributed by atoms with E-state index in [9.17, 15) is 0 Å². The van der Waals surface area contributed by atoms with Crippen molar-refractivity contribution in [3.8, 4) is 0 Å². The summed E-state index contributed by atoms with van der Waals surface area (Å²) in [5.74, 6) is 0. The molecule has 0 aliphatic heterocycles. The first-order valence-corrected chi connectivity index (χ1v) is 6.34. The summed E-state index contributed by atoms with van der Waals surface area (Å²) in [5, 5.41) is 3.38. The van der Waals surface area contributed by atoms with Crippen LogP contribution in [0.1, 0.15) is 66.7 Å². The Morgan fingerprint density at radius 1 is 1.07 bits per heavy atom. The van der Waals surface area contributed by atoms with Gasteiger partial charge in [0.25, 0.3) is 0 Å². The van der Waals surface area contributed by atoms with Crippen LogP contribution >= 0.6 is 0 Å². The minimum absolute atomic E-state index is 0.272. The molecule has 0 unspecified atom stereocenters. The van der Waals surface area contributed by atoms with Gasteiger partial charge in [-0.05, 0) is 33.6 Å². The van der Waals surface area contributed by atoms with E-state index >= 15 is 0 Å². The van der Waals surface area contributed by atoms with Crippen LogP contribution in [0.15, 0.2) is 0 Å². The number of hydrogen-bond donors (Lipinski definition) is 2. The van der Waals surface area contributed by atoms with E-state index in [1.165, 1.54) is 32.1 Å². The Hall–Kier alpha value is -0.0800. The van der Waals surface area contributed by atoms with Crippen LogP contribution in [0.5, 0.6) is 0 Å². The van der Waals surface area contributed by atoms with Gasteiger partial charge in [0.15, 0.2) is 0 Å². The molecule has 92 valence electrons. The van der Waals surface area contributed by atoms with Crippen molar-refractivity contribution in [1.29, 1.82) is 0 Å². The molecule has 1 fully saturated rings. The maximum absolute atomic E-state index is 5.63. The molecule has 0 spiro atoms. The third-order valence-corrected chi connectivity index (χ3v) is 2.37. The molecule has 1 aliphatic rings. The van der Waals surface area contributed by atoms with Crippen molar-refractivity contribution in [1.82, 2.24) is 5.32 Å². The van der Waals surface area contributed by atoms with Gasteiger partial charge in [-0.2, -0.15) is 0 Å². The van der Waals surface area contributed by atoms with Crippen LogP contribution in [0.3, 0.4) is 0 Å². The van der Waals surface area contributed by atoms with Crippen LogP contribution in [0.25, 0.3) is 0 Å². The average molecular weight is 214 g/mol. The monoisotopic (exact) mass is 214 g/mol. The molecule has 0 aromatic heterocycles. The van der Waals surface area contributed by atoms with E-state index < -0.39 is 0 Å². The van der Waals surface area contributed by atoms with E-state index in [2.05, 4.69) is 39.9 Å². The normalized spacial score (nSPS) is 18.6. The highest BCUT2D eigenvalue weighted by molar-refractivity contribution is 4.72. The summed E-state index contributed by atoms with van der Waals surface area (Å²) in [5.41, 5.74) is 5.91. The van der Waals surface area contributed by atoms with Crippen LogP contribution in [0, 0.1) is 0 Å². The molecule has 1 rings (SSSR count). The van der Waals surface area contributed by atoms with Crippen molar-refractivity contribution in [2.75, 3.05) is 0 Å². The zero-order valence-electron chi connectivity index (χ0n) is 11.3. The summed E-state index contributed by atoms with van der Waals surface area (Å²) in [6, 6.07) is 1.13. The Morgan fingerprint density at radius 3 is 1.67 bits per heavy atom. The lowest BCUT2D eigenvalue weighted by atomic mass is 9.97. The summed E-state index contributed by atoms with van der Waals surface area (Å²) >= 11 is 0. The topological polar surface area (TPSA) is 38.0 Å². The molecule has 0 amide bonds. The second-order valence-corrected chi connectivity index (χ2v) is 5.95. The van der Waals surface area contributed by atoms with E-state index in [4.69, 9.17) is 5.73 Å². The molecule has 0 saturated heterocycles. The minimum Gasteiger partial charge on any atom is -0.328 e. The van der Waals surface area contributed by atoms with Gasteiger partial charge in [0, 0.05) is 17.6 Å². The van der Waals surface area contributed by atoms with Gasteiger partial charge < -0.3 is 11.1 Å². The quantitative estimate of drug-likeness (QED) is 0.704. The van der Waals surface area contributed by atoms with Gasteiger partial charge in [-0.25, -0.2) is 0 Å². The lowest BCUT2D eigenvalue weighted by Crippen LogP contribution is -2.40. The van der Waals surface area contributed by atoms with Gasteiger partial charge in [-0.3, -0.25) is 0 Å². The Labute approximate surface area is 96.0 Å². The van der Waals surface area contributed by atoms with Crippen molar-refractivity contribution in [2.24, 2.45) is 5.73 Å². The van der Waals surface area contributed by atoms with E-state index in [-0.39, 0.29) is 5.54 Å². The van der Waals surface area contributed by atoms with Crippen molar-refractivity contribution in [2.45, 2.75) is 84.3 Å². The van der Waals surface area contributed by atoms with Crippen LogP contribution in [-0.4, -0.2) is 17.6 Å². The van der Waals surface area contributed by atoms with Crippen LogP contribution < -0.4 is 11.1 Å². The van der Waals surface area contributed by atoms with Crippen LogP contribution in [-0.2, 0) is 0 Å². The molecule has 0 aromatic rings. The van der Waals surface area contributed by atoms with Gasteiger partial charge in [0.2, 0.25) is 0 Å². The van der Waals surface area contributed by atoms with Crippen molar-refractivity contribution >= 4 is 0 Å². The summed E-state index contributed by atoms with van der Waals surface area (Å²) in [4.78, 5) is 0. The summed E-state index contributed by atoms with van der Waals surface area (Å²) in [7, 11) is 0. The second kappa shape index (κ2) is 7.24. The lowest BCUT2D eigenvalue weighted by Gasteiger charge is -2.23. The highest BCUT2D eigenvalue weighted by atomic mass is 15.0. The zero-order valence-corrected chi connectivity index (χ0v) is 11.3. The Morgan fingerprint density at radius 2 is 1.53 bits per heavy atom. The predicted molar refractivity (Wildman–Crippen MR) is 69.1 cm³/mol. The first-order valence-electron chi connectivity index (χ1n) is 6.34. The van der Waals surface area contributed by atoms with Gasteiger partial charge in [-0.15, -0.1) is 0 Å². The molecule has 2 heteroatoms. The second-order valence-electron chi connectivity index (χ2n) is 5.95. The van der Waals surface area contributed by atoms with Crippen molar-refractivity contribution < 1.29 is 0 Å². The molecule has 0 bridgehead atoms. The van der Waals surface area contributed by atoms with Gasteiger partial charge in [-0.1, -0.05) is 33.1 Å². The summed E-state index contributed by atoms with van der Waals surface area (Å²) in [6.07, 6.45) is 6.66. The molecule has 0 radical (unpaired) electrons. The van der Waals surface area contributed by atoms with E-state index in [0.717, 1.165) is 0 Å². The Bertz CT molecular complexity index is 141. The SMILES string of the molecule is CC(C)NC(C)(C)C.NC1CCCCC1. The highest BCUT2D eigenvalue weighted by Gasteiger charge is 2.09. The molecule has 1 saturated carbocycles. The fourth-order valence-electron chi connectivity index (χ4n) is 2.00. The summed E-state index contributed by atoms with van der Waals surface area (Å²) in [6.45, 7) is 10.8. The fourth-order valence-corrected chi connectivity index (χ4v) is 2.00. The molecule has 0 aromatic carbocycles. The van der Waals surface area contributed by atoms with Crippen molar-refractivity contribution in [3.05, 3.63) is 0 Å². The fraction of sp³-hybridized carbons (Fsp3) is 1.00. The lowest BCUT2D eigenvalue weighted by molar-refractivity contribution is 0.386. The molecular formula is C13H30N2. The first-order chi connectivity index (χ1) is 6.81. The largest absolute Gasteiger partial charge is 0.328 e. The minimum atomic E-state index is 0.272. The molecule has 0 atom stereocenters. The molecule has 1 aliphatic carbocycles. The van der Waals surface area contributed by atoms with E-state index in [1.807, 2.05) is 0 Å². The number of nitrogens with two attached hydrogens (primary N) is 1. The van der Waals surface area contributed by atoms with Gasteiger partial charge in [0.05, 0.1) is 0 Å². The van der Waals surface area contributed by atoms with Crippen molar-refractivity contribution in [3.63, 3.8) is 0 Å². The Kier molecular flexibility index (Phi) is 7.20. The number of rotatable bonds is 1. The maximum atomic E-state index is 5.63. The first kappa shape index (κ1) is 14.9. The smallest absolute Gasteiger partial charge is 0.00988 e. The van der Waals surface area contributed by atoms with E-state index in [0.29, 0.717) is 12.1 Å². The molecule has 3 N–H and O–H groups in total. The number of hydrogen-bond acceptors (Lipinski definition) is 2. The van der Waals surface area contributed by atoms with Crippen LogP contribution in [0.2, 0.25) is 0 Å². The van der Waals surface area contributed by atoms with E-state index in [1.54, 1.807) is 0 Å².